The molecule has 2 saturated carbocycles. The Morgan fingerprint density at radius 3 is 2.22 bits per heavy atom. The van der Waals surface area contributed by atoms with Gasteiger partial charge in [-0.15, -0.1) is 0 Å². The molecule has 180 valence electrons. The van der Waals surface area contributed by atoms with Crippen molar-refractivity contribution in [1.29, 1.82) is 0 Å². The maximum absolute atomic E-state index is 12.9. The summed E-state index contributed by atoms with van der Waals surface area (Å²) in [4.78, 5) is 36.6. The van der Waals surface area contributed by atoms with Gasteiger partial charge in [0, 0.05) is 0 Å². The first-order chi connectivity index (χ1) is 15.5. The molecule has 2 fully saturated rings. The lowest BCUT2D eigenvalue weighted by Crippen LogP contribution is -2.44. The van der Waals surface area contributed by atoms with Crippen LogP contribution in [0.2, 0.25) is 0 Å². The Hall–Kier alpha value is -2.05. The molecule has 0 aliphatic heterocycles. The Labute approximate surface area is 191 Å². The van der Waals surface area contributed by atoms with Crippen LogP contribution in [-0.4, -0.2) is 42.4 Å². The van der Waals surface area contributed by atoms with Crippen molar-refractivity contribution in [1.82, 2.24) is 5.32 Å². The fraction of sp³-hybridized carbons (Fsp3) is 0.800. The maximum Gasteiger partial charge on any atom is 0.407 e. The van der Waals surface area contributed by atoms with Crippen molar-refractivity contribution in [2.24, 2.45) is 23.7 Å². The molecule has 7 nitrogen and oxygen atoms in total. The van der Waals surface area contributed by atoms with Gasteiger partial charge in [0.2, 0.25) is 0 Å². The van der Waals surface area contributed by atoms with E-state index in [4.69, 9.17) is 9.47 Å². The number of carbonyl (C=O) groups excluding carboxylic acids is 2. The predicted molar refractivity (Wildman–Crippen MR) is 120 cm³/mol. The summed E-state index contributed by atoms with van der Waals surface area (Å²) in [6, 6.07) is -0.747. The van der Waals surface area contributed by atoms with Crippen LogP contribution in [0.5, 0.6) is 0 Å². The van der Waals surface area contributed by atoms with E-state index in [1.165, 1.54) is 19.3 Å². The second-order valence-electron chi connectivity index (χ2n) is 9.87. The number of alkyl carbamates (subject to hydrolysis) is 1. The minimum Gasteiger partial charge on any atom is -0.481 e. The minimum atomic E-state index is -0.747. The summed E-state index contributed by atoms with van der Waals surface area (Å²) >= 11 is 0. The molecule has 0 aromatic rings. The Morgan fingerprint density at radius 2 is 1.56 bits per heavy atom. The number of esters is 1. The van der Waals surface area contributed by atoms with Gasteiger partial charge in [0.15, 0.2) is 0 Å². The summed E-state index contributed by atoms with van der Waals surface area (Å²) in [5.41, 5.74) is 0. The van der Waals surface area contributed by atoms with Crippen LogP contribution in [0.25, 0.3) is 0 Å². The molecule has 2 atom stereocenters. The molecule has 0 bridgehead atoms. The van der Waals surface area contributed by atoms with Crippen molar-refractivity contribution < 1.29 is 29.0 Å². The Kier molecular flexibility index (Phi) is 9.88. The van der Waals surface area contributed by atoms with Crippen LogP contribution in [-0.2, 0) is 19.1 Å². The number of hydrogen-bond acceptors (Lipinski definition) is 5. The first kappa shape index (κ1) is 24.6. The van der Waals surface area contributed by atoms with E-state index in [9.17, 15) is 19.5 Å². The number of hydrogen-bond donors (Lipinski definition) is 2. The van der Waals surface area contributed by atoms with Gasteiger partial charge in [-0.05, 0) is 82.0 Å². The van der Waals surface area contributed by atoms with Gasteiger partial charge in [-0.1, -0.05) is 31.4 Å². The Bertz CT molecular complexity index is 649. The van der Waals surface area contributed by atoms with Gasteiger partial charge >= 0.3 is 18.0 Å². The molecule has 32 heavy (non-hydrogen) atoms. The van der Waals surface area contributed by atoms with Crippen molar-refractivity contribution in [3.63, 3.8) is 0 Å². The van der Waals surface area contributed by atoms with Crippen LogP contribution >= 0.6 is 0 Å². The maximum atomic E-state index is 12.9. The SMILES string of the molecule is O=C(N[C@@H](CC1CCC(C(=O)O)CC1)C(=O)OCC1CCCCC1)OCC1CC=CCC1. The van der Waals surface area contributed by atoms with Gasteiger partial charge in [0.05, 0.1) is 19.1 Å². The molecule has 3 aliphatic carbocycles. The second-order valence-corrected chi connectivity index (χ2v) is 9.87. The van der Waals surface area contributed by atoms with Gasteiger partial charge < -0.3 is 19.9 Å². The van der Waals surface area contributed by atoms with Gasteiger partial charge in [-0.25, -0.2) is 9.59 Å². The number of aliphatic carboxylic acids is 1. The molecule has 0 aromatic heterocycles. The third-order valence-electron chi connectivity index (χ3n) is 7.36. The highest BCUT2D eigenvalue weighted by molar-refractivity contribution is 5.81. The van der Waals surface area contributed by atoms with E-state index in [0.717, 1.165) is 44.9 Å². The molecule has 1 unspecified atom stereocenters. The number of amides is 1. The summed E-state index contributed by atoms with van der Waals surface area (Å²) in [6.07, 6.45) is 15.6. The van der Waals surface area contributed by atoms with E-state index in [1.807, 2.05) is 0 Å². The fourth-order valence-corrected chi connectivity index (χ4v) is 5.23. The Balaban J connectivity index is 1.50. The lowest BCUT2D eigenvalue weighted by Gasteiger charge is -2.29. The zero-order chi connectivity index (χ0) is 22.8. The monoisotopic (exact) mass is 449 g/mol. The van der Waals surface area contributed by atoms with Crippen LogP contribution in [0.15, 0.2) is 12.2 Å². The highest BCUT2D eigenvalue weighted by atomic mass is 16.6. The smallest absolute Gasteiger partial charge is 0.407 e. The molecule has 0 saturated heterocycles. The molecule has 0 heterocycles. The third-order valence-corrected chi connectivity index (χ3v) is 7.36. The zero-order valence-electron chi connectivity index (χ0n) is 19.1. The average Bonchev–Trinajstić information content (AvgIpc) is 2.82. The topological polar surface area (TPSA) is 102 Å². The predicted octanol–water partition coefficient (Wildman–Crippen LogP) is 4.84. The Morgan fingerprint density at radius 1 is 0.844 bits per heavy atom. The summed E-state index contributed by atoms with van der Waals surface area (Å²) in [5, 5.41) is 12.0. The number of ether oxygens (including phenoxy) is 2. The molecule has 2 N–H and O–H groups in total. The minimum absolute atomic E-state index is 0.196. The van der Waals surface area contributed by atoms with Gasteiger partial charge in [-0.2, -0.15) is 0 Å². The van der Waals surface area contributed by atoms with Crippen LogP contribution < -0.4 is 5.32 Å². The summed E-state index contributed by atoms with van der Waals surface area (Å²) in [5.74, 6) is -0.508. The number of nitrogens with one attached hydrogen (secondary N) is 1. The van der Waals surface area contributed by atoms with Crippen LogP contribution in [0, 0.1) is 23.7 Å². The molecular formula is C25H39NO6. The quantitative estimate of drug-likeness (QED) is 0.386. The summed E-state index contributed by atoms with van der Waals surface area (Å²) < 4.78 is 11.1. The summed E-state index contributed by atoms with van der Waals surface area (Å²) in [7, 11) is 0. The first-order valence-corrected chi connectivity index (χ1v) is 12.5. The lowest BCUT2D eigenvalue weighted by atomic mass is 9.79. The van der Waals surface area contributed by atoms with E-state index in [1.54, 1.807) is 0 Å². The fourth-order valence-electron chi connectivity index (χ4n) is 5.23. The van der Waals surface area contributed by atoms with Gasteiger partial charge in [-0.3, -0.25) is 4.79 Å². The van der Waals surface area contributed by atoms with Crippen molar-refractivity contribution in [2.45, 2.75) is 89.5 Å². The first-order valence-electron chi connectivity index (χ1n) is 12.5. The van der Waals surface area contributed by atoms with E-state index < -0.39 is 24.1 Å². The molecule has 0 aromatic carbocycles. The molecule has 0 radical (unpaired) electrons. The highest BCUT2D eigenvalue weighted by Crippen LogP contribution is 2.32. The highest BCUT2D eigenvalue weighted by Gasteiger charge is 2.32. The van der Waals surface area contributed by atoms with E-state index in [0.29, 0.717) is 44.3 Å². The largest absolute Gasteiger partial charge is 0.481 e. The number of carboxylic acid groups (broad SMARTS) is 1. The van der Waals surface area contributed by atoms with Crippen LogP contribution in [0.1, 0.15) is 83.5 Å². The number of carbonyl (C=O) groups is 3. The molecular weight excluding hydrogens is 410 g/mol. The molecule has 7 heteroatoms. The van der Waals surface area contributed by atoms with Gasteiger partial charge in [0.1, 0.15) is 6.04 Å². The molecule has 1 amide bonds. The summed E-state index contributed by atoms with van der Waals surface area (Å²) in [6.45, 7) is 0.760. The van der Waals surface area contributed by atoms with E-state index in [2.05, 4.69) is 17.5 Å². The zero-order valence-corrected chi connectivity index (χ0v) is 19.1. The van der Waals surface area contributed by atoms with Crippen molar-refractivity contribution in [3.05, 3.63) is 12.2 Å². The second kappa shape index (κ2) is 12.9. The van der Waals surface area contributed by atoms with Crippen LogP contribution in [0.3, 0.4) is 0 Å². The van der Waals surface area contributed by atoms with Gasteiger partial charge in [0.25, 0.3) is 0 Å². The third kappa shape index (κ3) is 8.14. The van der Waals surface area contributed by atoms with E-state index in [-0.39, 0.29) is 11.8 Å². The number of allylic oxidation sites excluding steroid dienone is 2. The van der Waals surface area contributed by atoms with Crippen LogP contribution in [0.4, 0.5) is 4.79 Å². The lowest BCUT2D eigenvalue weighted by molar-refractivity contribution is -0.149. The standard InChI is InChI=1S/C25H39NO6/c27-23(28)21-13-11-18(12-14-21)15-22(24(29)31-16-19-7-3-1-4-8-19)26-25(30)32-17-20-9-5-2-6-10-20/h2,5,18-22H,1,3-4,6-17H2,(H,26,30)(H,27,28)/t18?,20?,21?,22-/m0/s1. The van der Waals surface area contributed by atoms with Crippen molar-refractivity contribution >= 4 is 18.0 Å². The molecule has 3 rings (SSSR count). The molecule has 0 spiro atoms. The normalized spacial score (nSPS) is 27.3. The number of rotatable bonds is 9. The van der Waals surface area contributed by atoms with Crippen molar-refractivity contribution in [2.75, 3.05) is 13.2 Å². The average molecular weight is 450 g/mol. The van der Waals surface area contributed by atoms with E-state index >= 15 is 0 Å². The molecule has 3 aliphatic rings. The van der Waals surface area contributed by atoms with Crippen molar-refractivity contribution in [3.8, 4) is 0 Å². The number of carboxylic acids is 1.